The maximum atomic E-state index is 10.9. The first-order valence-electron chi connectivity index (χ1n) is 3.36. The van der Waals surface area contributed by atoms with Crippen molar-refractivity contribution in [2.45, 2.75) is 12.8 Å². The van der Waals surface area contributed by atoms with Gasteiger partial charge in [0.25, 0.3) is 0 Å². The largest absolute Gasteiger partial charge is 0.418 e. The second-order valence-corrected chi connectivity index (χ2v) is 2.61. The lowest BCUT2D eigenvalue weighted by molar-refractivity contribution is 0.137. The first kappa shape index (κ1) is 8.33. The van der Waals surface area contributed by atoms with Crippen molar-refractivity contribution in [2.75, 3.05) is 13.1 Å². The van der Waals surface area contributed by atoms with Crippen LogP contribution in [0, 0.1) is 0 Å². The van der Waals surface area contributed by atoms with Crippen LogP contribution in [-0.4, -0.2) is 29.5 Å². The first-order chi connectivity index (χ1) is 5.20. The minimum absolute atomic E-state index is 0.637. The zero-order valence-corrected chi connectivity index (χ0v) is 6.63. The molecule has 0 aromatic carbocycles. The second-order valence-electron chi connectivity index (χ2n) is 2.30. The Morgan fingerprint density at radius 3 is 2.27 bits per heavy atom. The molecule has 5 heteroatoms. The van der Waals surface area contributed by atoms with Gasteiger partial charge in [-0.1, -0.05) is 0 Å². The van der Waals surface area contributed by atoms with Crippen molar-refractivity contribution in [1.82, 2.24) is 4.90 Å². The third kappa shape index (κ3) is 2.38. The number of rotatable bonds is 0. The predicted molar refractivity (Wildman–Crippen MR) is 38.5 cm³/mol. The molecule has 1 saturated heterocycles. The summed E-state index contributed by atoms with van der Waals surface area (Å²) in [5, 5.41) is 0. The van der Waals surface area contributed by atoms with Crippen molar-refractivity contribution >= 4 is 23.1 Å². The minimum atomic E-state index is -1.07. The molecule has 1 aliphatic heterocycles. The van der Waals surface area contributed by atoms with Crippen molar-refractivity contribution in [3.63, 3.8) is 0 Å². The molecule has 1 fully saturated rings. The number of halogens is 1. The number of hydrogen-bond donors (Lipinski definition) is 0. The van der Waals surface area contributed by atoms with E-state index < -0.39 is 11.5 Å². The lowest BCUT2D eigenvalue weighted by atomic mass is 10.4. The summed E-state index contributed by atoms with van der Waals surface area (Å²) in [7, 11) is 0. The fraction of sp³-hybridized carbons (Fsp3) is 0.667. The van der Waals surface area contributed by atoms with E-state index in [1.165, 1.54) is 4.90 Å². The van der Waals surface area contributed by atoms with Crippen LogP contribution < -0.4 is 0 Å². The van der Waals surface area contributed by atoms with Crippen LogP contribution in [0.3, 0.4) is 0 Å². The van der Waals surface area contributed by atoms with Crippen LogP contribution in [0.2, 0.25) is 0 Å². The first-order valence-corrected chi connectivity index (χ1v) is 3.74. The molecule has 0 aromatic heterocycles. The van der Waals surface area contributed by atoms with E-state index in [1.54, 1.807) is 0 Å². The lowest BCUT2D eigenvalue weighted by Crippen LogP contribution is -2.28. The van der Waals surface area contributed by atoms with Crippen LogP contribution in [0.25, 0.3) is 0 Å². The summed E-state index contributed by atoms with van der Waals surface area (Å²) in [5.74, 6) is 0. The number of hydrogen-bond acceptors (Lipinski definition) is 3. The molecular weight excluding hydrogens is 170 g/mol. The number of likely N-dealkylation sites (tertiary alicyclic amines) is 1. The number of carbonyl (C=O) groups excluding carboxylic acids is 2. The molecular formula is C6H8ClNO3. The number of ether oxygens (including phenoxy) is 1. The molecule has 11 heavy (non-hydrogen) atoms. The van der Waals surface area contributed by atoms with Gasteiger partial charge in [-0.15, -0.1) is 0 Å². The molecule has 4 nitrogen and oxygen atoms in total. The Labute approximate surface area is 69.1 Å². The quantitative estimate of drug-likeness (QED) is 0.417. The van der Waals surface area contributed by atoms with E-state index in [-0.39, 0.29) is 0 Å². The number of carbonyl (C=O) groups is 2. The molecule has 0 atom stereocenters. The molecule has 0 saturated carbocycles. The van der Waals surface area contributed by atoms with Crippen LogP contribution >= 0.6 is 11.6 Å². The average molecular weight is 178 g/mol. The van der Waals surface area contributed by atoms with Crippen molar-refractivity contribution in [3.05, 3.63) is 0 Å². The lowest BCUT2D eigenvalue weighted by Gasteiger charge is -2.11. The molecule has 0 N–H and O–H groups in total. The maximum absolute atomic E-state index is 10.9. The maximum Gasteiger partial charge on any atom is 0.418 e. The van der Waals surface area contributed by atoms with Gasteiger partial charge in [-0.3, -0.25) is 0 Å². The fourth-order valence-corrected chi connectivity index (χ4v) is 1.10. The molecule has 0 radical (unpaired) electrons. The van der Waals surface area contributed by atoms with Gasteiger partial charge in [-0.2, -0.15) is 0 Å². The molecule has 0 unspecified atom stereocenters. The van der Waals surface area contributed by atoms with Gasteiger partial charge in [0.15, 0.2) is 0 Å². The summed E-state index contributed by atoms with van der Waals surface area (Å²) in [6, 6.07) is 0. The molecule has 0 aromatic rings. The van der Waals surface area contributed by atoms with Crippen molar-refractivity contribution in [3.8, 4) is 0 Å². The van der Waals surface area contributed by atoms with Gasteiger partial charge in [0, 0.05) is 24.7 Å². The molecule has 1 rings (SSSR count). The van der Waals surface area contributed by atoms with Crippen LogP contribution in [0.4, 0.5) is 9.59 Å². The Morgan fingerprint density at radius 2 is 1.82 bits per heavy atom. The third-order valence-corrected chi connectivity index (χ3v) is 1.61. The summed E-state index contributed by atoms with van der Waals surface area (Å²) in [6.07, 6.45) is 1.29. The van der Waals surface area contributed by atoms with Crippen LogP contribution in [0.5, 0.6) is 0 Å². The summed E-state index contributed by atoms with van der Waals surface area (Å²) in [5.41, 5.74) is -1.07. The SMILES string of the molecule is O=C(Cl)OC(=O)N1CCCC1. The molecule has 0 spiro atoms. The van der Waals surface area contributed by atoms with Crippen molar-refractivity contribution in [2.24, 2.45) is 0 Å². The highest BCUT2D eigenvalue weighted by molar-refractivity contribution is 6.61. The summed E-state index contributed by atoms with van der Waals surface area (Å²) < 4.78 is 4.15. The highest BCUT2D eigenvalue weighted by Crippen LogP contribution is 2.09. The topological polar surface area (TPSA) is 46.6 Å². The smallest absolute Gasteiger partial charge is 0.364 e. The molecule has 0 aliphatic carbocycles. The zero-order chi connectivity index (χ0) is 8.27. The van der Waals surface area contributed by atoms with Gasteiger partial charge in [0.1, 0.15) is 0 Å². The number of amides is 1. The van der Waals surface area contributed by atoms with Gasteiger partial charge in [-0.25, -0.2) is 9.59 Å². The Kier molecular flexibility index (Phi) is 2.70. The van der Waals surface area contributed by atoms with Gasteiger partial charge < -0.3 is 9.64 Å². The van der Waals surface area contributed by atoms with Gasteiger partial charge >= 0.3 is 11.5 Å². The Balaban J connectivity index is 2.34. The zero-order valence-electron chi connectivity index (χ0n) is 5.88. The molecule has 1 heterocycles. The van der Waals surface area contributed by atoms with Crippen molar-refractivity contribution < 1.29 is 14.3 Å². The van der Waals surface area contributed by atoms with Gasteiger partial charge in [-0.05, 0) is 12.8 Å². The molecule has 62 valence electrons. The normalized spacial score (nSPS) is 16.6. The molecule has 1 aliphatic rings. The van der Waals surface area contributed by atoms with Crippen LogP contribution in [-0.2, 0) is 4.74 Å². The Morgan fingerprint density at radius 1 is 1.27 bits per heavy atom. The summed E-state index contributed by atoms with van der Waals surface area (Å²) in [4.78, 5) is 22.4. The second kappa shape index (κ2) is 3.57. The van der Waals surface area contributed by atoms with E-state index in [4.69, 9.17) is 11.6 Å². The van der Waals surface area contributed by atoms with Crippen LogP contribution in [0.1, 0.15) is 12.8 Å². The summed E-state index contributed by atoms with van der Waals surface area (Å²) >= 11 is 4.84. The standard InChI is InChI=1S/C6H8ClNO3/c7-5(9)11-6(10)8-3-1-2-4-8/h1-4H2. The molecule has 1 amide bonds. The van der Waals surface area contributed by atoms with E-state index in [0.717, 1.165) is 12.8 Å². The van der Waals surface area contributed by atoms with Crippen molar-refractivity contribution in [1.29, 1.82) is 0 Å². The highest BCUT2D eigenvalue weighted by Gasteiger charge is 2.20. The van der Waals surface area contributed by atoms with Gasteiger partial charge in [0.2, 0.25) is 0 Å². The van der Waals surface area contributed by atoms with E-state index in [2.05, 4.69) is 4.74 Å². The molecule has 0 bridgehead atoms. The number of nitrogens with zero attached hydrogens (tertiary/aromatic N) is 1. The fourth-order valence-electron chi connectivity index (χ4n) is 1.03. The Hall–Kier alpha value is -0.770. The summed E-state index contributed by atoms with van der Waals surface area (Å²) in [6.45, 7) is 1.31. The van der Waals surface area contributed by atoms with E-state index in [1.807, 2.05) is 0 Å². The average Bonchev–Trinajstić information content (AvgIpc) is 2.35. The van der Waals surface area contributed by atoms with Crippen LogP contribution in [0.15, 0.2) is 0 Å². The highest BCUT2D eigenvalue weighted by atomic mass is 35.5. The van der Waals surface area contributed by atoms with E-state index in [9.17, 15) is 9.59 Å². The minimum Gasteiger partial charge on any atom is -0.364 e. The Bertz CT molecular complexity index is 177. The van der Waals surface area contributed by atoms with E-state index in [0.29, 0.717) is 13.1 Å². The predicted octanol–water partition coefficient (Wildman–Crippen LogP) is 1.58. The third-order valence-electron chi connectivity index (χ3n) is 1.53. The van der Waals surface area contributed by atoms with E-state index >= 15 is 0 Å². The van der Waals surface area contributed by atoms with Gasteiger partial charge in [0.05, 0.1) is 0 Å². The monoisotopic (exact) mass is 177 g/mol.